The normalized spacial score (nSPS) is 48.9. The summed E-state index contributed by atoms with van der Waals surface area (Å²) in [4.78, 5) is 0. The van der Waals surface area contributed by atoms with Crippen molar-refractivity contribution in [3.05, 3.63) is 0 Å². The van der Waals surface area contributed by atoms with Gasteiger partial charge >= 0.3 is 0 Å². The van der Waals surface area contributed by atoms with E-state index in [9.17, 15) is 0 Å². The SMILES string of the molecule is CC1CCC(C)(C)CC2CC2C1C. The summed E-state index contributed by atoms with van der Waals surface area (Å²) in [6, 6.07) is 0. The summed E-state index contributed by atoms with van der Waals surface area (Å²) in [5.41, 5.74) is 0.633. The zero-order valence-electron chi connectivity index (χ0n) is 9.64. The van der Waals surface area contributed by atoms with Crippen LogP contribution >= 0.6 is 0 Å². The molecule has 0 bridgehead atoms. The molecular formula is C13H24. The second kappa shape index (κ2) is 3.00. The molecule has 0 heteroatoms. The van der Waals surface area contributed by atoms with E-state index in [2.05, 4.69) is 27.7 Å². The molecule has 0 aliphatic heterocycles. The molecule has 2 aliphatic carbocycles. The van der Waals surface area contributed by atoms with Crippen molar-refractivity contribution in [1.29, 1.82) is 0 Å². The Labute approximate surface area is 83.1 Å². The van der Waals surface area contributed by atoms with Crippen molar-refractivity contribution in [1.82, 2.24) is 0 Å². The average Bonchev–Trinajstić information content (AvgIpc) is 2.76. The minimum atomic E-state index is 0.633. The Morgan fingerprint density at radius 1 is 1.15 bits per heavy atom. The molecule has 4 atom stereocenters. The molecule has 2 saturated carbocycles. The first-order valence-electron chi connectivity index (χ1n) is 5.99. The molecule has 0 saturated heterocycles. The van der Waals surface area contributed by atoms with Gasteiger partial charge in [-0.25, -0.2) is 0 Å². The third-order valence-corrected chi connectivity index (χ3v) is 4.64. The summed E-state index contributed by atoms with van der Waals surface area (Å²) in [6.07, 6.45) is 5.93. The van der Waals surface area contributed by atoms with Crippen molar-refractivity contribution < 1.29 is 0 Å². The van der Waals surface area contributed by atoms with Crippen LogP contribution in [0, 0.1) is 29.1 Å². The quantitative estimate of drug-likeness (QED) is 0.526. The molecule has 2 fully saturated rings. The predicted octanol–water partition coefficient (Wildman–Crippen LogP) is 4.10. The van der Waals surface area contributed by atoms with Crippen LogP contribution in [0.3, 0.4) is 0 Å². The molecule has 13 heavy (non-hydrogen) atoms. The maximum Gasteiger partial charge on any atom is -0.0351 e. The Bertz CT molecular complexity index is 190. The molecule has 0 aromatic rings. The number of rotatable bonds is 0. The van der Waals surface area contributed by atoms with E-state index in [1.54, 1.807) is 0 Å². The summed E-state index contributed by atoms with van der Waals surface area (Å²) >= 11 is 0. The zero-order valence-corrected chi connectivity index (χ0v) is 9.64. The Balaban J connectivity index is 2.04. The third-order valence-electron chi connectivity index (χ3n) is 4.64. The van der Waals surface area contributed by atoms with Gasteiger partial charge in [-0.15, -0.1) is 0 Å². The fraction of sp³-hybridized carbons (Fsp3) is 1.00. The lowest BCUT2D eigenvalue weighted by Crippen LogP contribution is -2.21. The third kappa shape index (κ3) is 1.92. The highest BCUT2D eigenvalue weighted by molar-refractivity contribution is 4.96. The van der Waals surface area contributed by atoms with Gasteiger partial charge in [0.25, 0.3) is 0 Å². The van der Waals surface area contributed by atoms with Crippen molar-refractivity contribution >= 4 is 0 Å². The van der Waals surface area contributed by atoms with Gasteiger partial charge in [0.05, 0.1) is 0 Å². The Kier molecular flexibility index (Phi) is 2.20. The summed E-state index contributed by atoms with van der Waals surface area (Å²) in [7, 11) is 0. The van der Waals surface area contributed by atoms with Crippen LogP contribution in [-0.4, -0.2) is 0 Å². The van der Waals surface area contributed by atoms with Crippen LogP contribution in [0.2, 0.25) is 0 Å². The maximum atomic E-state index is 2.48. The van der Waals surface area contributed by atoms with E-state index in [0.29, 0.717) is 5.41 Å². The summed E-state index contributed by atoms with van der Waals surface area (Å²) in [5.74, 6) is 4.15. The summed E-state index contributed by atoms with van der Waals surface area (Å²) < 4.78 is 0. The van der Waals surface area contributed by atoms with Gasteiger partial charge in [0.15, 0.2) is 0 Å². The molecule has 0 aromatic heterocycles. The van der Waals surface area contributed by atoms with Gasteiger partial charge in [0.1, 0.15) is 0 Å². The van der Waals surface area contributed by atoms with E-state index in [4.69, 9.17) is 0 Å². The lowest BCUT2D eigenvalue weighted by Gasteiger charge is -2.31. The topological polar surface area (TPSA) is 0 Å². The smallest absolute Gasteiger partial charge is 0.0351 e. The minimum Gasteiger partial charge on any atom is -0.0622 e. The van der Waals surface area contributed by atoms with Gasteiger partial charge in [-0.2, -0.15) is 0 Å². The molecule has 76 valence electrons. The Morgan fingerprint density at radius 2 is 1.85 bits per heavy atom. The highest BCUT2D eigenvalue weighted by Gasteiger charge is 2.46. The van der Waals surface area contributed by atoms with Gasteiger partial charge < -0.3 is 0 Å². The van der Waals surface area contributed by atoms with Crippen molar-refractivity contribution in [3.63, 3.8) is 0 Å². The molecule has 4 unspecified atom stereocenters. The second-order valence-electron chi connectivity index (χ2n) is 6.40. The lowest BCUT2D eigenvalue weighted by molar-refractivity contribution is 0.191. The predicted molar refractivity (Wildman–Crippen MR) is 57.6 cm³/mol. The van der Waals surface area contributed by atoms with E-state index in [1.165, 1.54) is 25.7 Å². The zero-order chi connectivity index (χ0) is 9.64. The highest BCUT2D eigenvalue weighted by Crippen LogP contribution is 2.55. The Hall–Kier alpha value is 0. The van der Waals surface area contributed by atoms with Crippen LogP contribution in [0.15, 0.2) is 0 Å². The van der Waals surface area contributed by atoms with Gasteiger partial charge in [0.2, 0.25) is 0 Å². The first kappa shape index (κ1) is 9.55. The van der Waals surface area contributed by atoms with Gasteiger partial charge in [0, 0.05) is 0 Å². The van der Waals surface area contributed by atoms with E-state index in [0.717, 1.165) is 23.7 Å². The van der Waals surface area contributed by atoms with Crippen molar-refractivity contribution in [2.45, 2.75) is 53.4 Å². The van der Waals surface area contributed by atoms with Crippen LogP contribution in [0.4, 0.5) is 0 Å². The molecule has 0 spiro atoms. The number of fused-ring (bicyclic) bond motifs is 1. The van der Waals surface area contributed by atoms with Crippen molar-refractivity contribution in [2.24, 2.45) is 29.1 Å². The molecule has 0 radical (unpaired) electrons. The molecule has 0 amide bonds. The van der Waals surface area contributed by atoms with Crippen LogP contribution < -0.4 is 0 Å². The van der Waals surface area contributed by atoms with Gasteiger partial charge in [-0.1, -0.05) is 27.7 Å². The van der Waals surface area contributed by atoms with Crippen LogP contribution in [0.5, 0.6) is 0 Å². The second-order valence-corrected chi connectivity index (χ2v) is 6.40. The monoisotopic (exact) mass is 180 g/mol. The molecule has 2 rings (SSSR count). The number of hydrogen-bond acceptors (Lipinski definition) is 0. The lowest BCUT2D eigenvalue weighted by atomic mass is 9.74. The fourth-order valence-corrected chi connectivity index (χ4v) is 3.26. The number of hydrogen-bond donors (Lipinski definition) is 0. The highest BCUT2D eigenvalue weighted by atomic mass is 14.5. The maximum absolute atomic E-state index is 2.48. The van der Waals surface area contributed by atoms with Gasteiger partial charge in [-0.3, -0.25) is 0 Å². The summed E-state index contributed by atoms with van der Waals surface area (Å²) in [5, 5.41) is 0. The molecule has 0 heterocycles. The van der Waals surface area contributed by atoms with Crippen molar-refractivity contribution in [3.8, 4) is 0 Å². The largest absolute Gasteiger partial charge is 0.0622 e. The van der Waals surface area contributed by atoms with E-state index < -0.39 is 0 Å². The molecule has 2 aliphatic rings. The van der Waals surface area contributed by atoms with Crippen LogP contribution in [-0.2, 0) is 0 Å². The van der Waals surface area contributed by atoms with E-state index in [1.807, 2.05) is 0 Å². The fourth-order valence-electron chi connectivity index (χ4n) is 3.26. The standard InChI is InChI=1S/C13H24/c1-9-5-6-13(3,4)8-11-7-12(11)10(9)2/h9-12H,5-8H2,1-4H3. The van der Waals surface area contributed by atoms with Gasteiger partial charge in [-0.05, 0) is 54.8 Å². The van der Waals surface area contributed by atoms with E-state index >= 15 is 0 Å². The van der Waals surface area contributed by atoms with Crippen LogP contribution in [0.1, 0.15) is 53.4 Å². The Morgan fingerprint density at radius 3 is 2.54 bits per heavy atom. The summed E-state index contributed by atoms with van der Waals surface area (Å²) in [6.45, 7) is 9.87. The average molecular weight is 180 g/mol. The molecule has 0 aromatic carbocycles. The molecule has 0 N–H and O–H groups in total. The minimum absolute atomic E-state index is 0.633. The van der Waals surface area contributed by atoms with Crippen LogP contribution in [0.25, 0.3) is 0 Å². The van der Waals surface area contributed by atoms with E-state index in [-0.39, 0.29) is 0 Å². The first-order valence-corrected chi connectivity index (χ1v) is 5.99. The first-order chi connectivity index (χ1) is 5.99. The molecule has 0 nitrogen and oxygen atoms in total. The molecular weight excluding hydrogens is 156 g/mol. The van der Waals surface area contributed by atoms with Crippen molar-refractivity contribution in [2.75, 3.05) is 0 Å².